The summed E-state index contributed by atoms with van der Waals surface area (Å²) in [4.78, 5) is 13.8. The smallest absolute Gasteiger partial charge is 0.133 e. The van der Waals surface area contributed by atoms with E-state index in [-0.39, 0.29) is 0 Å². The maximum absolute atomic E-state index is 10.00. The first kappa shape index (κ1) is 8.01. The van der Waals surface area contributed by atoms with Crippen LogP contribution in [0.15, 0.2) is 4.99 Å². The number of aliphatic imine (C=N–C) groups is 1. The van der Waals surface area contributed by atoms with Crippen molar-refractivity contribution in [1.82, 2.24) is 0 Å². The van der Waals surface area contributed by atoms with E-state index in [2.05, 4.69) is 4.99 Å². The predicted molar refractivity (Wildman–Crippen MR) is 37.4 cm³/mol. The van der Waals surface area contributed by atoms with E-state index in [0.29, 0.717) is 12.8 Å². The third-order valence-corrected chi connectivity index (χ3v) is 0.810. The molecule has 3 heteroatoms. The number of hydrogen-bond acceptors (Lipinski definition) is 3. The van der Waals surface area contributed by atoms with Gasteiger partial charge in [-0.3, -0.25) is 4.99 Å². The summed E-state index contributed by atoms with van der Waals surface area (Å²) in [6.45, 7) is 2.54. The summed E-state index contributed by atoms with van der Waals surface area (Å²) >= 11 is 0. The largest absolute Gasteiger partial charge is 0.312 e. The van der Waals surface area contributed by atoms with Crippen molar-refractivity contribution in [3.8, 4) is 0 Å². The highest BCUT2D eigenvalue weighted by Crippen LogP contribution is 1.79. The van der Waals surface area contributed by atoms with Crippen molar-refractivity contribution in [2.75, 3.05) is 6.54 Å². The summed E-state index contributed by atoms with van der Waals surface area (Å²) in [5.74, 6) is -0.426. The first-order valence-electron chi connectivity index (χ1n) is 2.81. The average molecular weight is 126 g/mol. The second-order valence-electron chi connectivity index (χ2n) is 1.53. The monoisotopic (exact) mass is 126 g/mol. The number of carbonyl (C=O) groups excluding carboxylic acids is 1. The van der Waals surface area contributed by atoms with Gasteiger partial charge in [-0.1, -0.05) is 0 Å². The average Bonchev–Trinajstić information content (AvgIpc) is 1.91. The van der Waals surface area contributed by atoms with Crippen molar-refractivity contribution in [3.63, 3.8) is 0 Å². The zero-order valence-corrected chi connectivity index (χ0v) is 5.37. The molecule has 0 aliphatic carbocycles. The molecule has 0 spiro atoms. The number of rotatable bonds is 4. The second kappa shape index (κ2) is 5.15. The normalized spacial score (nSPS) is 13.4. The molecule has 1 N–H and O–H groups in total. The van der Waals surface area contributed by atoms with Crippen LogP contribution in [0.2, 0.25) is 0 Å². The van der Waals surface area contributed by atoms with Crippen molar-refractivity contribution >= 4 is 18.7 Å². The molecule has 0 saturated heterocycles. The predicted octanol–water partition coefficient (Wildman–Crippen LogP) is 0.542. The Morgan fingerprint density at radius 2 is 2.44 bits per heavy atom. The van der Waals surface area contributed by atoms with Gasteiger partial charge in [-0.05, 0) is 6.92 Å². The molecule has 1 atom stereocenters. The molecule has 0 amide bonds. The van der Waals surface area contributed by atoms with Gasteiger partial charge in [-0.15, -0.1) is 0 Å². The maximum Gasteiger partial charge on any atom is 0.133 e. The summed E-state index contributed by atoms with van der Waals surface area (Å²) in [6.07, 6.45) is 3.22. The van der Waals surface area contributed by atoms with Gasteiger partial charge in [0, 0.05) is 19.0 Å². The Labute approximate surface area is 54.3 Å². The highest BCUT2D eigenvalue weighted by molar-refractivity contribution is 5.98. The van der Waals surface area contributed by atoms with Crippen LogP contribution in [0.1, 0.15) is 6.92 Å². The second-order valence-corrected chi connectivity index (χ2v) is 1.53. The number of aldehydes is 1. The van der Waals surface area contributed by atoms with Gasteiger partial charge in [0.15, 0.2) is 0 Å². The lowest BCUT2D eigenvalue weighted by molar-refractivity contribution is -0.108. The van der Waals surface area contributed by atoms with Crippen molar-refractivity contribution < 1.29 is 4.79 Å². The van der Waals surface area contributed by atoms with E-state index in [1.807, 2.05) is 6.92 Å². The molecule has 1 unspecified atom stereocenters. The van der Waals surface area contributed by atoms with Gasteiger partial charge in [0.1, 0.15) is 6.29 Å². The minimum atomic E-state index is -0.426. The molecule has 0 aromatic rings. The van der Waals surface area contributed by atoms with Crippen LogP contribution in [0.4, 0.5) is 0 Å². The van der Waals surface area contributed by atoms with E-state index in [1.54, 1.807) is 0 Å². The van der Waals surface area contributed by atoms with Gasteiger partial charge < -0.3 is 10.2 Å². The topological polar surface area (TPSA) is 53.3 Å². The maximum atomic E-state index is 10.00. The lowest BCUT2D eigenvalue weighted by atomic mass is 10.2. The fourth-order valence-corrected chi connectivity index (χ4v) is 0.345. The van der Waals surface area contributed by atoms with E-state index >= 15 is 0 Å². The van der Waals surface area contributed by atoms with Crippen LogP contribution in [0, 0.1) is 11.3 Å². The van der Waals surface area contributed by atoms with E-state index in [9.17, 15) is 4.79 Å². The Hall–Kier alpha value is -0.990. The molecule has 0 radical (unpaired) electrons. The Bertz CT molecular complexity index is 112. The molecular weight excluding hydrogens is 116 g/mol. The van der Waals surface area contributed by atoms with Crippen LogP contribution in [0.25, 0.3) is 0 Å². The van der Waals surface area contributed by atoms with Crippen LogP contribution < -0.4 is 0 Å². The lowest BCUT2D eigenvalue weighted by Gasteiger charge is -1.89. The fraction of sp³-hybridized carbons (Fsp3) is 0.500. The Morgan fingerprint density at radius 3 is 2.78 bits per heavy atom. The standard InChI is InChI=1S/C6H10N2O/c1-2-8-4-6(3-7)5-9/h3-7H,2H2,1H3. The molecule has 0 heterocycles. The Kier molecular flexibility index (Phi) is 4.59. The first-order chi connectivity index (χ1) is 4.35. The van der Waals surface area contributed by atoms with Gasteiger partial charge in [0.2, 0.25) is 0 Å². The molecule has 50 valence electrons. The first-order valence-corrected chi connectivity index (χ1v) is 2.81. The van der Waals surface area contributed by atoms with Crippen molar-refractivity contribution in [2.24, 2.45) is 10.9 Å². The Balaban J connectivity index is 3.67. The highest BCUT2D eigenvalue weighted by Gasteiger charge is 1.94. The molecule has 0 aromatic carbocycles. The lowest BCUT2D eigenvalue weighted by Crippen LogP contribution is -2.03. The molecular formula is C6H10N2O. The van der Waals surface area contributed by atoms with E-state index in [0.717, 1.165) is 6.21 Å². The van der Waals surface area contributed by atoms with Crippen LogP contribution in [-0.2, 0) is 4.79 Å². The quantitative estimate of drug-likeness (QED) is 0.434. The zero-order chi connectivity index (χ0) is 7.11. The van der Waals surface area contributed by atoms with E-state index in [4.69, 9.17) is 5.41 Å². The van der Waals surface area contributed by atoms with Crippen molar-refractivity contribution in [2.45, 2.75) is 6.92 Å². The number of hydrogen-bond donors (Lipinski definition) is 1. The zero-order valence-electron chi connectivity index (χ0n) is 5.37. The van der Waals surface area contributed by atoms with Crippen LogP contribution >= 0.6 is 0 Å². The van der Waals surface area contributed by atoms with Crippen molar-refractivity contribution in [1.29, 1.82) is 5.41 Å². The third kappa shape index (κ3) is 3.58. The van der Waals surface area contributed by atoms with E-state index in [1.165, 1.54) is 6.21 Å². The van der Waals surface area contributed by atoms with Gasteiger partial charge in [-0.25, -0.2) is 0 Å². The van der Waals surface area contributed by atoms with Crippen LogP contribution in [0.5, 0.6) is 0 Å². The molecule has 0 aliphatic rings. The molecule has 0 saturated carbocycles. The summed E-state index contributed by atoms with van der Waals surface area (Å²) in [5, 5.41) is 6.69. The van der Waals surface area contributed by atoms with Crippen LogP contribution in [0.3, 0.4) is 0 Å². The Morgan fingerprint density at radius 1 is 1.78 bits per heavy atom. The van der Waals surface area contributed by atoms with Crippen molar-refractivity contribution in [3.05, 3.63) is 0 Å². The molecule has 9 heavy (non-hydrogen) atoms. The number of nitrogens with one attached hydrogen (secondary N) is 1. The summed E-state index contributed by atoms with van der Waals surface area (Å²) in [6, 6.07) is 0. The summed E-state index contributed by atoms with van der Waals surface area (Å²) in [7, 11) is 0. The highest BCUT2D eigenvalue weighted by atomic mass is 16.1. The summed E-state index contributed by atoms with van der Waals surface area (Å²) < 4.78 is 0. The number of nitrogens with zero attached hydrogens (tertiary/aromatic N) is 1. The van der Waals surface area contributed by atoms with Gasteiger partial charge in [0.25, 0.3) is 0 Å². The SMILES string of the molecule is CCN=CC(C=N)C=O. The molecule has 0 rings (SSSR count). The van der Waals surface area contributed by atoms with E-state index < -0.39 is 5.92 Å². The molecule has 0 bridgehead atoms. The molecule has 0 aliphatic heterocycles. The van der Waals surface area contributed by atoms with Gasteiger partial charge in [-0.2, -0.15) is 0 Å². The number of carbonyl (C=O) groups is 1. The minimum absolute atomic E-state index is 0.426. The van der Waals surface area contributed by atoms with Crippen LogP contribution in [-0.4, -0.2) is 25.3 Å². The third-order valence-electron chi connectivity index (χ3n) is 0.810. The fourth-order valence-electron chi connectivity index (χ4n) is 0.345. The van der Waals surface area contributed by atoms with Gasteiger partial charge in [0.05, 0.1) is 5.92 Å². The summed E-state index contributed by atoms with van der Waals surface area (Å²) in [5.41, 5.74) is 0. The molecule has 0 aromatic heterocycles. The van der Waals surface area contributed by atoms with Gasteiger partial charge >= 0.3 is 0 Å². The minimum Gasteiger partial charge on any atom is -0.312 e. The molecule has 0 fully saturated rings. The molecule has 3 nitrogen and oxygen atoms in total.